The summed E-state index contributed by atoms with van der Waals surface area (Å²) in [7, 11) is 1.83. The molecule has 8 nitrogen and oxygen atoms in total. The van der Waals surface area contributed by atoms with Gasteiger partial charge in [-0.3, -0.25) is 15.4 Å². The molecule has 0 aliphatic carbocycles. The summed E-state index contributed by atoms with van der Waals surface area (Å²) in [6, 6.07) is 5.95. The van der Waals surface area contributed by atoms with Gasteiger partial charge in [0.05, 0.1) is 28.1 Å². The second kappa shape index (κ2) is 16.9. The highest BCUT2D eigenvalue weighted by Crippen LogP contribution is 2.23. The Bertz CT molecular complexity index is 1300. The molecule has 0 spiro atoms. The first-order valence-corrected chi connectivity index (χ1v) is 13.8. The van der Waals surface area contributed by atoms with E-state index in [4.69, 9.17) is 16.3 Å². The van der Waals surface area contributed by atoms with Crippen LogP contribution in [0, 0.1) is 11.3 Å². The van der Waals surface area contributed by atoms with Crippen LogP contribution in [-0.2, 0) is 0 Å². The van der Waals surface area contributed by atoms with E-state index >= 15 is 0 Å². The number of nitriles is 1. The largest absolute Gasteiger partial charge is 0.462 e. The zero-order chi connectivity index (χ0) is 28.6. The number of pyridine rings is 1. The smallest absolute Gasteiger partial charge is 0.243 e. The molecule has 2 heterocycles. The third-order valence-electron chi connectivity index (χ3n) is 5.31. The highest BCUT2D eigenvalue weighted by atomic mass is 35.5. The van der Waals surface area contributed by atoms with Crippen LogP contribution in [0.25, 0.3) is 0 Å². The minimum absolute atomic E-state index is 0.278. The van der Waals surface area contributed by atoms with Gasteiger partial charge in [-0.05, 0) is 57.4 Å². The van der Waals surface area contributed by atoms with Crippen LogP contribution in [0.2, 0.25) is 0 Å². The van der Waals surface area contributed by atoms with Crippen molar-refractivity contribution in [2.75, 3.05) is 13.3 Å². The molecule has 0 unspecified atom stereocenters. The molecular formula is C29H34ClN7OS. The van der Waals surface area contributed by atoms with Crippen molar-refractivity contribution in [2.45, 2.75) is 40.0 Å². The summed E-state index contributed by atoms with van der Waals surface area (Å²) in [5, 5.41) is 13.2. The van der Waals surface area contributed by atoms with Crippen LogP contribution in [0.3, 0.4) is 0 Å². The monoisotopic (exact) mass is 563 g/mol. The Hall–Kier alpha value is -3.87. The summed E-state index contributed by atoms with van der Waals surface area (Å²) in [6.45, 7) is 9.81. The molecule has 0 aromatic carbocycles. The van der Waals surface area contributed by atoms with Gasteiger partial charge >= 0.3 is 0 Å². The zero-order valence-corrected chi connectivity index (χ0v) is 24.6. The average Bonchev–Trinajstić information content (AvgIpc) is 2.93. The van der Waals surface area contributed by atoms with Gasteiger partial charge in [0.1, 0.15) is 17.8 Å². The molecule has 2 rings (SSSR count). The second-order valence-corrected chi connectivity index (χ2v) is 9.59. The molecule has 0 radical (unpaired) electrons. The highest BCUT2D eigenvalue weighted by molar-refractivity contribution is 8.13. The van der Waals surface area contributed by atoms with E-state index < -0.39 is 0 Å². The van der Waals surface area contributed by atoms with Crippen molar-refractivity contribution >= 4 is 40.7 Å². The van der Waals surface area contributed by atoms with Gasteiger partial charge in [-0.1, -0.05) is 35.9 Å². The summed E-state index contributed by atoms with van der Waals surface area (Å²) in [5.74, 6) is 1.78. The second-order valence-electron chi connectivity index (χ2n) is 8.27. The minimum Gasteiger partial charge on any atom is -0.462 e. The summed E-state index contributed by atoms with van der Waals surface area (Å²) in [4.78, 5) is 17.4. The van der Waals surface area contributed by atoms with Crippen LogP contribution in [0.5, 0.6) is 5.75 Å². The molecule has 0 amide bonds. The molecule has 1 aliphatic heterocycles. The van der Waals surface area contributed by atoms with Gasteiger partial charge in [-0.15, -0.1) is 11.8 Å². The number of rotatable bonds is 9. The third-order valence-corrected chi connectivity index (χ3v) is 6.36. The van der Waals surface area contributed by atoms with Crippen molar-refractivity contribution in [3.63, 3.8) is 0 Å². The quantitative estimate of drug-likeness (QED) is 0.255. The summed E-state index contributed by atoms with van der Waals surface area (Å²) < 4.78 is 5.88. The summed E-state index contributed by atoms with van der Waals surface area (Å²) >= 11 is 7.68. The number of aromatic nitrogens is 1. The van der Waals surface area contributed by atoms with E-state index in [0.717, 1.165) is 27.8 Å². The van der Waals surface area contributed by atoms with Crippen LogP contribution in [0.15, 0.2) is 110 Å². The number of nitrogens with one attached hydrogen (secondary N) is 1. The van der Waals surface area contributed by atoms with Gasteiger partial charge in [0.25, 0.3) is 0 Å². The molecule has 204 valence electrons. The lowest BCUT2D eigenvalue weighted by Crippen LogP contribution is -2.39. The van der Waals surface area contributed by atoms with E-state index in [2.05, 4.69) is 38.0 Å². The first-order valence-electron chi connectivity index (χ1n) is 12.2. The maximum Gasteiger partial charge on any atom is 0.243 e. The number of hydrazine groups is 1. The lowest BCUT2D eigenvalue weighted by molar-refractivity contribution is 0.358. The van der Waals surface area contributed by atoms with Crippen LogP contribution in [-0.4, -0.2) is 40.6 Å². The Labute approximate surface area is 240 Å². The van der Waals surface area contributed by atoms with Crippen molar-refractivity contribution in [3.05, 3.63) is 94.8 Å². The van der Waals surface area contributed by atoms with Gasteiger partial charge in [-0.25, -0.2) is 9.98 Å². The lowest BCUT2D eigenvalue weighted by Gasteiger charge is -2.26. The van der Waals surface area contributed by atoms with E-state index in [-0.39, 0.29) is 5.96 Å². The molecule has 39 heavy (non-hydrogen) atoms. The Morgan fingerprint density at radius 1 is 1.33 bits per heavy atom. The lowest BCUT2D eigenvalue weighted by atomic mass is 10.0. The summed E-state index contributed by atoms with van der Waals surface area (Å²) in [5.41, 5.74) is 6.00. The Morgan fingerprint density at radius 2 is 2.08 bits per heavy atom. The molecule has 0 saturated heterocycles. The molecule has 0 atom stereocenters. The third kappa shape index (κ3) is 11.2. The fourth-order valence-electron chi connectivity index (χ4n) is 3.30. The maximum atomic E-state index is 9.99. The van der Waals surface area contributed by atoms with Gasteiger partial charge in [0.15, 0.2) is 0 Å². The number of halogens is 1. The number of guanidine groups is 1. The minimum atomic E-state index is 0.278. The van der Waals surface area contributed by atoms with E-state index in [1.807, 2.05) is 58.4 Å². The standard InChI is InChI=1S/C29H34ClN7OS/c1-7-24(30)16-21(3)17-27-23(19-31)18-28(39-6)33-20-34-29(36-37(27)5)35-22(4)10-9-11-25(8-2)38-26-12-14-32-15-13-26/h7-10,12-16,20H,4,11,17-18H2,1-3,5-6H3,(H,35,36)/b10-9?,21-16+,24-7+,25-8+,27-23+,33-28?,34-20+. The first kappa shape index (κ1) is 31.3. The van der Waals surface area contributed by atoms with Crippen molar-refractivity contribution < 1.29 is 4.74 Å². The summed E-state index contributed by atoms with van der Waals surface area (Å²) in [6.07, 6.45) is 17.5. The molecule has 10 heteroatoms. The van der Waals surface area contributed by atoms with Crippen LogP contribution in [0.1, 0.15) is 40.0 Å². The molecule has 1 aromatic heterocycles. The van der Waals surface area contributed by atoms with E-state index in [9.17, 15) is 5.26 Å². The molecule has 0 saturated carbocycles. The first-order chi connectivity index (χ1) is 18.8. The Balaban J connectivity index is 2.27. The van der Waals surface area contributed by atoms with E-state index in [1.165, 1.54) is 18.1 Å². The maximum absolute atomic E-state index is 9.99. The average molecular weight is 564 g/mol. The SMILES string of the molecule is C=C(C=CC/C(=C\C)Oc1ccncc1)N=C1/N=C/N=C(SC)C/C(C#N)=C(/C/C(C)=C/C(Cl)=C\C)N(C)N1. The van der Waals surface area contributed by atoms with Crippen molar-refractivity contribution in [1.29, 1.82) is 5.26 Å². The van der Waals surface area contributed by atoms with E-state index in [1.54, 1.807) is 35.6 Å². The fraction of sp³-hybridized carbons (Fsp3) is 0.276. The molecular weight excluding hydrogens is 530 g/mol. The van der Waals surface area contributed by atoms with Gasteiger partial charge in [-0.2, -0.15) is 10.3 Å². The molecule has 0 fully saturated rings. The van der Waals surface area contributed by atoms with Gasteiger partial charge < -0.3 is 4.74 Å². The molecule has 1 aromatic rings. The zero-order valence-electron chi connectivity index (χ0n) is 23.0. The van der Waals surface area contributed by atoms with E-state index in [0.29, 0.717) is 35.6 Å². The molecule has 0 bridgehead atoms. The predicted molar refractivity (Wildman–Crippen MR) is 165 cm³/mol. The van der Waals surface area contributed by atoms with Crippen LogP contribution < -0.4 is 10.2 Å². The number of thioether (sulfide) groups is 1. The van der Waals surface area contributed by atoms with Gasteiger partial charge in [0, 0.05) is 43.7 Å². The number of hydrogen-bond donors (Lipinski definition) is 1. The van der Waals surface area contributed by atoms with Crippen LogP contribution in [0.4, 0.5) is 0 Å². The number of hydrogen-bond acceptors (Lipinski definition) is 7. The van der Waals surface area contributed by atoms with Crippen molar-refractivity contribution in [3.8, 4) is 11.8 Å². The predicted octanol–water partition coefficient (Wildman–Crippen LogP) is 7.07. The van der Waals surface area contributed by atoms with Crippen molar-refractivity contribution in [2.24, 2.45) is 15.0 Å². The molecule has 1 N–H and O–H groups in total. The van der Waals surface area contributed by atoms with Crippen molar-refractivity contribution in [1.82, 2.24) is 15.4 Å². The number of nitrogens with zero attached hydrogens (tertiary/aromatic N) is 6. The Kier molecular flexibility index (Phi) is 13.6. The Morgan fingerprint density at radius 3 is 2.72 bits per heavy atom. The topological polar surface area (TPSA) is 98.3 Å². The number of allylic oxidation sites excluding steroid dienone is 8. The fourth-order valence-corrected chi connectivity index (χ4v) is 3.93. The molecule has 1 aliphatic rings. The highest BCUT2D eigenvalue weighted by Gasteiger charge is 2.17. The van der Waals surface area contributed by atoms with Gasteiger partial charge in [0.2, 0.25) is 5.96 Å². The number of aliphatic imine (C=N–C) groups is 3. The number of ether oxygens (including phenoxy) is 1. The van der Waals surface area contributed by atoms with Crippen LogP contribution >= 0.6 is 23.4 Å². The normalized spacial score (nSPS) is 19.4.